The lowest BCUT2D eigenvalue weighted by Gasteiger charge is -2.10. The summed E-state index contributed by atoms with van der Waals surface area (Å²) in [5, 5.41) is 6.44. The highest BCUT2D eigenvalue weighted by Gasteiger charge is 2.21. The van der Waals surface area contributed by atoms with Crippen LogP contribution in [0.3, 0.4) is 0 Å². The number of aromatic nitrogens is 2. The van der Waals surface area contributed by atoms with E-state index in [1.165, 1.54) is 13.3 Å². The number of halogens is 1. The highest BCUT2D eigenvalue weighted by atomic mass is 35.5. The number of anilines is 2. The third kappa shape index (κ3) is 3.46. The number of hydrogen-bond donors (Lipinski definition) is 2. The van der Waals surface area contributed by atoms with Gasteiger partial charge in [0.1, 0.15) is 17.3 Å². The van der Waals surface area contributed by atoms with E-state index in [0.29, 0.717) is 28.3 Å². The predicted molar refractivity (Wildman–Crippen MR) is 84.6 cm³/mol. The van der Waals surface area contributed by atoms with Gasteiger partial charge in [-0.15, -0.1) is 0 Å². The maximum Gasteiger partial charge on any atom is 0.275 e. The van der Waals surface area contributed by atoms with Crippen LogP contribution in [0.4, 0.5) is 11.5 Å². The first-order valence-corrected chi connectivity index (χ1v) is 7.27. The van der Waals surface area contributed by atoms with E-state index >= 15 is 0 Å². The van der Waals surface area contributed by atoms with Gasteiger partial charge in [0, 0.05) is 11.1 Å². The summed E-state index contributed by atoms with van der Waals surface area (Å²) in [7, 11) is 1.52. The highest BCUT2D eigenvalue weighted by molar-refractivity contribution is 6.31. The Kier molecular flexibility index (Phi) is 4.11. The van der Waals surface area contributed by atoms with Gasteiger partial charge in [-0.2, -0.15) is 0 Å². The predicted octanol–water partition coefficient (Wildman–Crippen LogP) is 2.97. The smallest absolute Gasteiger partial charge is 0.275 e. The molecule has 2 aromatic rings. The second-order valence-corrected chi connectivity index (χ2v) is 5.44. The molecule has 1 aromatic heterocycles. The molecule has 114 valence electrons. The Morgan fingerprint density at radius 1 is 1.32 bits per heavy atom. The second kappa shape index (κ2) is 6.19. The molecule has 7 heteroatoms. The van der Waals surface area contributed by atoms with Crippen molar-refractivity contribution in [3.8, 4) is 5.75 Å². The number of methoxy groups -OCH3 is 1. The summed E-state index contributed by atoms with van der Waals surface area (Å²) in [6.45, 7) is 0. The fraction of sp³-hybridized carbons (Fsp3) is 0.267. The number of ether oxygens (including phenoxy) is 1. The number of carbonyl (C=O) groups excluding carboxylic acids is 1. The molecule has 1 aliphatic carbocycles. The van der Waals surface area contributed by atoms with Crippen LogP contribution in [0.2, 0.25) is 5.02 Å². The minimum Gasteiger partial charge on any atom is -0.495 e. The molecule has 1 saturated carbocycles. The zero-order chi connectivity index (χ0) is 15.5. The van der Waals surface area contributed by atoms with Crippen LogP contribution < -0.4 is 15.4 Å². The van der Waals surface area contributed by atoms with Crippen LogP contribution in [0.15, 0.2) is 30.6 Å². The van der Waals surface area contributed by atoms with Gasteiger partial charge in [0.15, 0.2) is 0 Å². The molecule has 1 amide bonds. The van der Waals surface area contributed by atoms with Crippen molar-refractivity contribution in [3.05, 3.63) is 41.3 Å². The van der Waals surface area contributed by atoms with Gasteiger partial charge in [-0.25, -0.2) is 9.97 Å². The zero-order valence-electron chi connectivity index (χ0n) is 12.0. The number of nitrogens with zero attached hydrogens (tertiary/aromatic N) is 2. The average Bonchev–Trinajstić information content (AvgIpc) is 3.32. The maximum absolute atomic E-state index is 12.2. The zero-order valence-corrected chi connectivity index (χ0v) is 12.7. The number of rotatable bonds is 5. The molecule has 1 aromatic carbocycles. The fourth-order valence-corrected chi connectivity index (χ4v) is 2.09. The largest absolute Gasteiger partial charge is 0.495 e. The van der Waals surface area contributed by atoms with Crippen molar-refractivity contribution in [2.75, 3.05) is 17.7 Å². The lowest BCUT2D eigenvalue weighted by Crippen LogP contribution is -2.15. The molecular formula is C15H15ClN4O2. The normalized spacial score (nSPS) is 13.5. The van der Waals surface area contributed by atoms with Gasteiger partial charge < -0.3 is 15.4 Å². The van der Waals surface area contributed by atoms with Gasteiger partial charge in [0.25, 0.3) is 5.91 Å². The molecule has 0 aliphatic heterocycles. The van der Waals surface area contributed by atoms with Crippen LogP contribution in [-0.4, -0.2) is 29.0 Å². The van der Waals surface area contributed by atoms with Crippen LogP contribution in [0, 0.1) is 0 Å². The molecular weight excluding hydrogens is 304 g/mol. The first kappa shape index (κ1) is 14.6. The van der Waals surface area contributed by atoms with Gasteiger partial charge >= 0.3 is 0 Å². The van der Waals surface area contributed by atoms with Crippen molar-refractivity contribution in [2.24, 2.45) is 0 Å². The lowest BCUT2D eigenvalue weighted by molar-refractivity contribution is 0.102. The molecule has 22 heavy (non-hydrogen) atoms. The molecule has 0 bridgehead atoms. The molecule has 0 atom stereocenters. The molecule has 0 saturated heterocycles. The molecule has 2 N–H and O–H groups in total. The molecule has 0 unspecified atom stereocenters. The Morgan fingerprint density at radius 3 is 2.77 bits per heavy atom. The second-order valence-electron chi connectivity index (χ2n) is 5.00. The van der Waals surface area contributed by atoms with Gasteiger partial charge in [-0.1, -0.05) is 11.6 Å². The van der Waals surface area contributed by atoms with Crippen LogP contribution in [0.25, 0.3) is 0 Å². The summed E-state index contributed by atoms with van der Waals surface area (Å²) < 4.78 is 5.19. The fourth-order valence-electron chi connectivity index (χ4n) is 1.92. The summed E-state index contributed by atoms with van der Waals surface area (Å²) in [4.78, 5) is 20.5. The number of amides is 1. The topological polar surface area (TPSA) is 76.1 Å². The highest BCUT2D eigenvalue weighted by Crippen LogP contribution is 2.28. The Hall–Kier alpha value is -2.34. The summed E-state index contributed by atoms with van der Waals surface area (Å²) >= 11 is 5.94. The third-order valence-corrected chi connectivity index (χ3v) is 3.46. The van der Waals surface area contributed by atoms with E-state index in [0.717, 1.165) is 12.8 Å². The van der Waals surface area contributed by atoms with E-state index in [9.17, 15) is 4.79 Å². The SMILES string of the molecule is COc1ccc(Cl)cc1NC(=O)c1cnc(NC2CC2)cn1. The number of benzene rings is 1. The molecule has 0 spiro atoms. The van der Waals surface area contributed by atoms with Crippen molar-refractivity contribution < 1.29 is 9.53 Å². The minimum absolute atomic E-state index is 0.225. The van der Waals surface area contributed by atoms with E-state index in [2.05, 4.69) is 20.6 Å². The standard InChI is InChI=1S/C15H15ClN4O2/c1-22-13-5-2-9(16)6-11(13)20-15(21)12-7-18-14(8-17-12)19-10-3-4-10/h2,5-8,10H,3-4H2,1H3,(H,18,19)(H,20,21). The van der Waals surface area contributed by atoms with Crippen LogP contribution in [-0.2, 0) is 0 Å². The van der Waals surface area contributed by atoms with Gasteiger partial charge in [0.05, 0.1) is 25.2 Å². The third-order valence-electron chi connectivity index (χ3n) is 3.22. The van der Waals surface area contributed by atoms with Crippen LogP contribution >= 0.6 is 11.6 Å². The minimum atomic E-state index is -0.369. The van der Waals surface area contributed by atoms with Gasteiger partial charge in [-0.3, -0.25) is 4.79 Å². The molecule has 1 heterocycles. The van der Waals surface area contributed by atoms with E-state index in [-0.39, 0.29) is 11.6 Å². The van der Waals surface area contributed by atoms with Crippen molar-refractivity contribution in [2.45, 2.75) is 18.9 Å². The summed E-state index contributed by atoms with van der Waals surface area (Å²) in [6.07, 6.45) is 5.30. The quantitative estimate of drug-likeness (QED) is 0.886. The Morgan fingerprint density at radius 2 is 2.14 bits per heavy atom. The molecule has 0 radical (unpaired) electrons. The van der Waals surface area contributed by atoms with Crippen LogP contribution in [0.1, 0.15) is 23.3 Å². The van der Waals surface area contributed by atoms with E-state index in [1.807, 2.05) is 0 Å². The number of carbonyl (C=O) groups is 1. The Bertz CT molecular complexity index is 686. The summed E-state index contributed by atoms with van der Waals surface area (Å²) in [5.74, 6) is 0.836. The number of nitrogens with one attached hydrogen (secondary N) is 2. The summed E-state index contributed by atoms with van der Waals surface area (Å²) in [5.41, 5.74) is 0.713. The van der Waals surface area contributed by atoms with E-state index in [1.54, 1.807) is 24.4 Å². The van der Waals surface area contributed by atoms with Gasteiger partial charge in [-0.05, 0) is 31.0 Å². The first-order chi connectivity index (χ1) is 10.7. The Balaban J connectivity index is 1.72. The van der Waals surface area contributed by atoms with Crippen molar-refractivity contribution in [1.82, 2.24) is 9.97 Å². The maximum atomic E-state index is 12.2. The van der Waals surface area contributed by atoms with Gasteiger partial charge in [0.2, 0.25) is 0 Å². The van der Waals surface area contributed by atoms with Crippen molar-refractivity contribution >= 4 is 29.0 Å². The van der Waals surface area contributed by atoms with E-state index < -0.39 is 0 Å². The Labute approximate surface area is 132 Å². The molecule has 1 aliphatic rings. The van der Waals surface area contributed by atoms with Crippen molar-refractivity contribution in [3.63, 3.8) is 0 Å². The van der Waals surface area contributed by atoms with Crippen molar-refractivity contribution in [1.29, 1.82) is 0 Å². The molecule has 6 nitrogen and oxygen atoms in total. The van der Waals surface area contributed by atoms with Crippen LogP contribution in [0.5, 0.6) is 5.75 Å². The summed E-state index contributed by atoms with van der Waals surface area (Å²) in [6, 6.07) is 5.49. The van der Waals surface area contributed by atoms with E-state index in [4.69, 9.17) is 16.3 Å². The monoisotopic (exact) mass is 318 g/mol. The average molecular weight is 319 g/mol. The molecule has 1 fully saturated rings. The lowest BCUT2D eigenvalue weighted by atomic mass is 10.2. The molecule has 3 rings (SSSR count). The first-order valence-electron chi connectivity index (χ1n) is 6.89. The number of hydrogen-bond acceptors (Lipinski definition) is 5.